The van der Waals surface area contributed by atoms with E-state index in [0.29, 0.717) is 17.4 Å². The minimum absolute atomic E-state index is 0.0267. The molecule has 0 saturated carbocycles. The van der Waals surface area contributed by atoms with Crippen LogP contribution in [0, 0.1) is 12.8 Å². The maximum Gasteiger partial charge on any atom is 0.260 e. The van der Waals surface area contributed by atoms with E-state index in [4.69, 9.17) is 4.74 Å². The van der Waals surface area contributed by atoms with E-state index in [9.17, 15) is 9.59 Å². The molecule has 1 saturated heterocycles. The Morgan fingerprint density at radius 1 is 1.15 bits per heavy atom. The molecule has 1 N–H and O–H groups in total. The van der Waals surface area contributed by atoms with Crippen molar-refractivity contribution in [1.29, 1.82) is 0 Å². The summed E-state index contributed by atoms with van der Waals surface area (Å²) in [6, 6.07) is 16.0. The maximum atomic E-state index is 12.8. The van der Waals surface area contributed by atoms with Crippen LogP contribution in [0.5, 0.6) is 5.75 Å². The molecular weight excluding hydrogens is 434 g/mol. The van der Waals surface area contributed by atoms with Gasteiger partial charge in [0.25, 0.3) is 5.91 Å². The zero-order valence-corrected chi connectivity index (χ0v) is 19.9. The Morgan fingerprint density at radius 3 is 2.58 bits per heavy atom. The van der Waals surface area contributed by atoms with E-state index in [1.807, 2.05) is 35.4 Å². The monoisotopic (exact) mass is 463 g/mol. The molecule has 1 aliphatic rings. The molecular formula is C26H29N3O3S. The smallest absolute Gasteiger partial charge is 0.260 e. The van der Waals surface area contributed by atoms with Gasteiger partial charge in [-0.15, -0.1) is 11.3 Å². The highest BCUT2D eigenvalue weighted by atomic mass is 32.1. The number of carbonyl (C=O) groups is 2. The first-order valence-electron chi connectivity index (χ1n) is 11.3. The number of anilines is 1. The highest BCUT2D eigenvalue weighted by molar-refractivity contribution is 7.09. The van der Waals surface area contributed by atoms with Crippen LogP contribution in [0.25, 0.3) is 11.3 Å². The lowest BCUT2D eigenvalue weighted by Crippen LogP contribution is -2.41. The Labute approximate surface area is 198 Å². The predicted octanol–water partition coefficient (Wildman–Crippen LogP) is 4.94. The number of carbonyl (C=O) groups excluding carboxylic acids is 2. The number of thiazole rings is 1. The number of likely N-dealkylation sites (tertiary alicyclic amines) is 1. The standard InChI is InChI=1S/C26H29N3O3S/c1-18(30)27-23-15-22(24-17-33-19(2)28-24)8-9-25(23)32-16-26(31)29-12-10-21(11-13-29)14-20-6-4-3-5-7-20/h3-9,15,17,21H,10-14,16H2,1-2H3,(H,27,30). The maximum absolute atomic E-state index is 12.8. The molecule has 2 aromatic carbocycles. The first kappa shape index (κ1) is 23.0. The molecule has 0 bridgehead atoms. The van der Waals surface area contributed by atoms with Crippen LogP contribution >= 0.6 is 11.3 Å². The number of nitrogens with one attached hydrogen (secondary N) is 1. The molecule has 3 aromatic rings. The first-order valence-corrected chi connectivity index (χ1v) is 12.1. The van der Waals surface area contributed by atoms with E-state index in [-0.39, 0.29) is 18.4 Å². The number of nitrogens with zero attached hydrogens (tertiary/aromatic N) is 2. The number of benzene rings is 2. The van der Waals surface area contributed by atoms with Gasteiger partial charge in [0, 0.05) is 31.0 Å². The third-order valence-electron chi connectivity index (χ3n) is 5.89. The van der Waals surface area contributed by atoms with Crippen LogP contribution in [0.3, 0.4) is 0 Å². The van der Waals surface area contributed by atoms with Crippen LogP contribution in [0.4, 0.5) is 5.69 Å². The first-order chi connectivity index (χ1) is 16.0. The summed E-state index contributed by atoms with van der Waals surface area (Å²) < 4.78 is 5.85. The molecule has 2 heterocycles. The molecule has 1 aliphatic heterocycles. The second kappa shape index (κ2) is 10.6. The zero-order valence-electron chi connectivity index (χ0n) is 19.0. The number of hydrogen-bond acceptors (Lipinski definition) is 5. The fourth-order valence-electron chi connectivity index (χ4n) is 4.16. The van der Waals surface area contributed by atoms with Crippen LogP contribution in [-0.2, 0) is 16.0 Å². The third-order valence-corrected chi connectivity index (χ3v) is 6.66. The second-order valence-electron chi connectivity index (χ2n) is 8.45. The van der Waals surface area contributed by atoms with E-state index < -0.39 is 0 Å². The van der Waals surface area contributed by atoms with Gasteiger partial charge in [0.05, 0.1) is 16.4 Å². The fraction of sp³-hybridized carbons (Fsp3) is 0.346. The zero-order chi connectivity index (χ0) is 23.2. The summed E-state index contributed by atoms with van der Waals surface area (Å²) in [6.07, 6.45) is 3.06. The van der Waals surface area contributed by atoms with Gasteiger partial charge in [-0.1, -0.05) is 30.3 Å². The lowest BCUT2D eigenvalue weighted by atomic mass is 9.90. The van der Waals surface area contributed by atoms with Crippen LogP contribution in [0.2, 0.25) is 0 Å². The van der Waals surface area contributed by atoms with Gasteiger partial charge in [0.2, 0.25) is 5.91 Å². The van der Waals surface area contributed by atoms with E-state index in [1.54, 1.807) is 17.4 Å². The molecule has 0 radical (unpaired) electrons. The molecule has 4 rings (SSSR count). The molecule has 33 heavy (non-hydrogen) atoms. The Hall–Kier alpha value is -3.19. The summed E-state index contributed by atoms with van der Waals surface area (Å²) in [7, 11) is 0. The summed E-state index contributed by atoms with van der Waals surface area (Å²) in [5, 5.41) is 5.77. The van der Waals surface area contributed by atoms with Gasteiger partial charge >= 0.3 is 0 Å². The lowest BCUT2D eigenvalue weighted by Gasteiger charge is -2.32. The lowest BCUT2D eigenvalue weighted by molar-refractivity contribution is -0.134. The second-order valence-corrected chi connectivity index (χ2v) is 9.51. The van der Waals surface area contributed by atoms with Gasteiger partial charge in [-0.3, -0.25) is 9.59 Å². The van der Waals surface area contributed by atoms with Gasteiger partial charge in [-0.05, 0) is 55.9 Å². The summed E-state index contributed by atoms with van der Waals surface area (Å²) in [5.74, 6) is 0.860. The van der Waals surface area contributed by atoms with E-state index >= 15 is 0 Å². The van der Waals surface area contributed by atoms with Crippen molar-refractivity contribution in [3.05, 3.63) is 64.5 Å². The van der Waals surface area contributed by atoms with Gasteiger partial charge in [0.15, 0.2) is 6.61 Å². The number of piperidine rings is 1. The third kappa shape index (κ3) is 6.20. The van der Waals surface area contributed by atoms with E-state index in [2.05, 4.69) is 34.6 Å². The van der Waals surface area contributed by atoms with Gasteiger partial charge in [-0.2, -0.15) is 0 Å². The number of hydrogen-bond donors (Lipinski definition) is 1. The molecule has 1 fully saturated rings. The summed E-state index contributed by atoms with van der Waals surface area (Å²) in [6.45, 7) is 4.86. The summed E-state index contributed by atoms with van der Waals surface area (Å²) >= 11 is 1.57. The van der Waals surface area contributed by atoms with Crippen molar-refractivity contribution < 1.29 is 14.3 Å². The van der Waals surface area contributed by atoms with Crippen molar-refractivity contribution in [3.63, 3.8) is 0 Å². The average Bonchev–Trinajstić information content (AvgIpc) is 3.25. The number of aromatic nitrogens is 1. The summed E-state index contributed by atoms with van der Waals surface area (Å²) in [5.41, 5.74) is 3.64. The molecule has 7 heteroatoms. The molecule has 1 aromatic heterocycles. The highest BCUT2D eigenvalue weighted by Gasteiger charge is 2.23. The molecule has 2 amide bonds. The van der Waals surface area contributed by atoms with Gasteiger partial charge in [-0.25, -0.2) is 4.98 Å². The number of aryl methyl sites for hydroxylation is 1. The van der Waals surface area contributed by atoms with Crippen molar-refractivity contribution in [1.82, 2.24) is 9.88 Å². The van der Waals surface area contributed by atoms with Crippen molar-refractivity contribution in [3.8, 4) is 17.0 Å². The normalized spacial score (nSPS) is 14.2. The van der Waals surface area contributed by atoms with Crippen molar-refractivity contribution in [2.24, 2.45) is 5.92 Å². The molecule has 0 atom stereocenters. The molecule has 172 valence electrons. The predicted molar refractivity (Wildman–Crippen MR) is 132 cm³/mol. The number of rotatable bonds is 7. The Kier molecular flexibility index (Phi) is 7.40. The van der Waals surface area contributed by atoms with E-state index in [0.717, 1.165) is 48.6 Å². The van der Waals surface area contributed by atoms with Gasteiger partial charge in [0.1, 0.15) is 5.75 Å². The van der Waals surface area contributed by atoms with Crippen molar-refractivity contribution in [2.45, 2.75) is 33.1 Å². The Bertz CT molecular complexity index is 1100. The Balaban J connectivity index is 1.34. The average molecular weight is 464 g/mol. The minimum atomic E-state index is -0.196. The largest absolute Gasteiger partial charge is 0.482 e. The quantitative estimate of drug-likeness (QED) is 0.539. The van der Waals surface area contributed by atoms with Gasteiger partial charge < -0.3 is 15.0 Å². The number of amides is 2. The molecule has 0 unspecified atom stereocenters. The van der Waals surface area contributed by atoms with Crippen molar-refractivity contribution in [2.75, 3.05) is 25.0 Å². The number of ether oxygens (including phenoxy) is 1. The molecule has 6 nitrogen and oxygen atoms in total. The molecule has 0 spiro atoms. The summed E-state index contributed by atoms with van der Waals surface area (Å²) in [4.78, 5) is 30.9. The van der Waals surface area contributed by atoms with Crippen LogP contribution in [-0.4, -0.2) is 41.4 Å². The highest BCUT2D eigenvalue weighted by Crippen LogP contribution is 2.31. The fourth-order valence-corrected chi connectivity index (χ4v) is 4.79. The van der Waals surface area contributed by atoms with Crippen LogP contribution in [0.1, 0.15) is 30.3 Å². The topological polar surface area (TPSA) is 71.5 Å². The molecule has 0 aliphatic carbocycles. The van der Waals surface area contributed by atoms with Crippen LogP contribution < -0.4 is 10.1 Å². The minimum Gasteiger partial charge on any atom is -0.482 e. The Morgan fingerprint density at radius 2 is 1.91 bits per heavy atom. The van der Waals surface area contributed by atoms with Crippen LogP contribution in [0.15, 0.2) is 53.9 Å². The van der Waals surface area contributed by atoms with E-state index in [1.165, 1.54) is 12.5 Å². The van der Waals surface area contributed by atoms with Crippen molar-refractivity contribution >= 4 is 28.8 Å². The SMILES string of the molecule is CC(=O)Nc1cc(-c2csc(C)n2)ccc1OCC(=O)N1CCC(Cc2ccccc2)CC1.